The first-order valence-corrected chi connectivity index (χ1v) is 10.5. The van der Waals surface area contributed by atoms with E-state index in [1.165, 1.54) is 30.5 Å². The summed E-state index contributed by atoms with van der Waals surface area (Å²) in [5.41, 5.74) is 4.44. The molecule has 2 heterocycles. The molecule has 1 fully saturated rings. The molecule has 4 rings (SSSR count). The zero-order valence-corrected chi connectivity index (χ0v) is 17.2. The summed E-state index contributed by atoms with van der Waals surface area (Å²) in [6, 6.07) is 21.1. The van der Waals surface area contributed by atoms with Crippen molar-refractivity contribution in [1.82, 2.24) is 9.97 Å². The third kappa shape index (κ3) is 5.05. The molecule has 5 heteroatoms. The normalized spacial score (nSPS) is 15.0. The largest absolute Gasteiger partial charge is 0.372 e. The monoisotopic (exact) mass is 387 g/mol. The number of hydrogen-bond donors (Lipinski definition) is 2. The second-order valence-corrected chi connectivity index (χ2v) is 7.71. The second kappa shape index (κ2) is 8.95. The van der Waals surface area contributed by atoms with Gasteiger partial charge in [0.2, 0.25) is 5.95 Å². The van der Waals surface area contributed by atoms with Crippen LogP contribution in [0.5, 0.6) is 0 Å². The highest BCUT2D eigenvalue weighted by Gasteiger charge is 2.11. The maximum Gasteiger partial charge on any atom is 0.229 e. The minimum atomic E-state index is 0.169. The standard InChI is InChI=1S/C24H29N5/c1-18-17-23(26-19(2)20-9-5-3-6-10-20)28-24(25-18)27-21-11-13-22(14-12-21)29-15-7-4-8-16-29/h3,5-6,9-14,17,19H,4,7-8,15-16H2,1-2H3,(H2,25,26,27,28). The Hall–Kier alpha value is -3.08. The van der Waals surface area contributed by atoms with Crippen molar-refractivity contribution in [2.75, 3.05) is 28.6 Å². The molecule has 0 saturated carbocycles. The topological polar surface area (TPSA) is 53.1 Å². The van der Waals surface area contributed by atoms with E-state index in [-0.39, 0.29) is 6.04 Å². The molecule has 150 valence electrons. The number of benzene rings is 2. The van der Waals surface area contributed by atoms with Crippen molar-refractivity contribution in [1.29, 1.82) is 0 Å². The molecule has 29 heavy (non-hydrogen) atoms. The van der Waals surface area contributed by atoms with E-state index in [0.717, 1.165) is 30.3 Å². The summed E-state index contributed by atoms with van der Waals surface area (Å²) in [5, 5.41) is 6.83. The summed E-state index contributed by atoms with van der Waals surface area (Å²) in [4.78, 5) is 11.7. The summed E-state index contributed by atoms with van der Waals surface area (Å²) >= 11 is 0. The second-order valence-electron chi connectivity index (χ2n) is 7.71. The van der Waals surface area contributed by atoms with Gasteiger partial charge in [0.25, 0.3) is 0 Å². The summed E-state index contributed by atoms with van der Waals surface area (Å²) in [6.07, 6.45) is 3.92. The number of aromatic nitrogens is 2. The lowest BCUT2D eigenvalue weighted by Crippen LogP contribution is -2.29. The quantitative estimate of drug-likeness (QED) is 0.569. The van der Waals surface area contributed by atoms with Gasteiger partial charge in [0.1, 0.15) is 5.82 Å². The van der Waals surface area contributed by atoms with Gasteiger partial charge in [-0.25, -0.2) is 4.98 Å². The lowest BCUT2D eigenvalue weighted by Gasteiger charge is -2.28. The highest BCUT2D eigenvalue weighted by Crippen LogP contribution is 2.24. The van der Waals surface area contributed by atoms with Gasteiger partial charge in [0.05, 0.1) is 0 Å². The molecular weight excluding hydrogens is 358 g/mol. The zero-order chi connectivity index (χ0) is 20.1. The van der Waals surface area contributed by atoms with E-state index in [4.69, 9.17) is 0 Å². The SMILES string of the molecule is Cc1cc(NC(C)c2ccccc2)nc(Nc2ccc(N3CCCCC3)cc2)n1. The molecule has 0 amide bonds. The third-order valence-electron chi connectivity index (χ3n) is 5.36. The number of nitrogens with one attached hydrogen (secondary N) is 2. The van der Waals surface area contributed by atoms with Crippen LogP contribution in [0.25, 0.3) is 0 Å². The van der Waals surface area contributed by atoms with Crippen molar-refractivity contribution in [2.24, 2.45) is 0 Å². The Morgan fingerprint density at radius 1 is 0.897 bits per heavy atom. The molecule has 5 nitrogen and oxygen atoms in total. The fourth-order valence-electron chi connectivity index (χ4n) is 3.78. The van der Waals surface area contributed by atoms with Crippen LogP contribution < -0.4 is 15.5 Å². The number of hydrogen-bond acceptors (Lipinski definition) is 5. The molecule has 1 unspecified atom stereocenters. The maximum atomic E-state index is 4.66. The van der Waals surface area contributed by atoms with Crippen molar-refractivity contribution in [3.05, 3.63) is 71.9 Å². The zero-order valence-electron chi connectivity index (χ0n) is 17.2. The number of rotatable bonds is 6. The Morgan fingerprint density at radius 3 is 2.34 bits per heavy atom. The smallest absolute Gasteiger partial charge is 0.229 e. The van der Waals surface area contributed by atoms with E-state index in [1.807, 2.05) is 19.1 Å². The number of piperidine rings is 1. The number of aryl methyl sites for hydroxylation is 1. The first kappa shape index (κ1) is 19.2. The molecule has 1 aromatic heterocycles. The van der Waals surface area contributed by atoms with Gasteiger partial charge in [-0.05, 0) is 62.9 Å². The van der Waals surface area contributed by atoms with E-state index in [9.17, 15) is 0 Å². The Balaban J connectivity index is 1.44. The van der Waals surface area contributed by atoms with Gasteiger partial charge >= 0.3 is 0 Å². The molecule has 1 saturated heterocycles. The Bertz CT molecular complexity index is 918. The number of anilines is 4. The van der Waals surface area contributed by atoms with Crippen LogP contribution in [-0.2, 0) is 0 Å². The van der Waals surface area contributed by atoms with Crippen LogP contribution in [0.2, 0.25) is 0 Å². The summed E-state index contributed by atoms with van der Waals surface area (Å²) in [5.74, 6) is 1.43. The molecule has 1 aliphatic rings. The molecule has 0 radical (unpaired) electrons. The summed E-state index contributed by atoms with van der Waals surface area (Å²) < 4.78 is 0. The summed E-state index contributed by atoms with van der Waals surface area (Å²) in [6.45, 7) is 6.44. The Morgan fingerprint density at radius 2 is 1.62 bits per heavy atom. The molecule has 1 aliphatic heterocycles. The van der Waals surface area contributed by atoms with Crippen molar-refractivity contribution in [3.8, 4) is 0 Å². The van der Waals surface area contributed by atoms with Gasteiger partial charge in [-0.2, -0.15) is 4.98 Å². The van der Waals surface area contributed by atoms with Gasteiger partial charge < -0.3 is 15.5 Å². The van der Waals surface area contributed by atoms with Crippen LogP contribution in [0.4, 0.5) is 23.1 Å². The fraction of sp³-hybridized carbons (Fsp3) is 0.333. The first-order valence-electron chi connectivity index (χ1n) is 10.5. The van der Waals surface area contributed by atoms with Crippen LogP contribution in [0, 0.1) is 6.92 Å². The van der Waals surface area contributed by atoms with Crippen LogP contribution in [0.15, 0.2) is 60.7 Å². The van der Waals surface area contributed by atoms with Crippen LogP contribution in [0.3, 0.4) is 0 Å². The van der Waals surface area contributed by atoms with E-state index in [2.05, 4.69) is 81.0 Å². The minimum absolute atomic E-state index is 0.169. The lowest BCUT2D eigenvalue weighted by molar-refractivity contribution is 0.578. The molecule has 2 aromatic carbocycles. The molecule has 2 N–H and O–H groups in total. The van der Waals surface area contributed by atoms with Gasteiger partial charge in [0.15, 0.2) is 0 Å². The van der Waals surface area contributed by atoms with Crippen LogP contribution >= 0.6 is 0 Å². The predicted molar refractivity (Wildman–Crippen MR) is 121 cm³/mol. The van der Waals surface area contributed by atoms with E-state index in [1.54, 1.807) is 0 Å². The predicted octanol–water partition coefficient (Wildman–Crippen LogP) is 5.69. The van der Waals surface area contributed by atoms with Gasteiger partial charge in [0, 0.05) is 42.3 Å². The van der Waals surface area contributed by atoms with E-state index < -0.39 is 0 Å². The highest BCUT2D eigenvalue weighted by molar-refractivity contribution is 5.60. The van der Waals surface area contributed by atoms with Gasteiger partial charge in [-0.3, -0.25) is 0 Å². The molecule has 0 spiro atoms. The van der Waals surface area contributed by atoms with E-state index in [0.29, 0.717) is 5.95 Å². The van der Waals surface area contributed by atoms with Crippen LogP contribution in [-0.4, -0.2) is 23.1 Å². The average Bonchev–Trinajstić information content (AvgIpc) is 2.75. The number of nitrogens with zero attached hydrogens (tertiary/aromatic N) is 3. The van der Waals surface area contributed by atoms with Crippen molar-refractivity contribution >= 4 is 23.1 Å². The Labute approximate surface area is 173 Å². The Kier molecular flexibility index (Phi) is 5.94. The molecular formula is C24H29N5. The fourth-order valence-corrected chi connectivity index (χ4v) is 3.78. The van der Waals surface area contributed by atoms with Crippen molar-refractivity contribution < 1.29 is 0 Å². The van der Waals surface area contributed by atoms with Gasteiger partial charge in [-0.15, -0.1) is 0 Å². The lowest BCUT2D eigenvalue weighted by atomic mass is 10.1. The first-order chi connectivity index (χ1) is 14.2. The molecule has 1 atom stereocenters. The third-order valence-corrected chi connectivity index (χ3v) is 5.36. The van der Waals surface area contributed by atoms with Crippen LogP contribution in [0.1, 0.15) is 43.5 Å². The molecule has 0 aliphatic carbocycles. The molecule has 3 aromatic rings. The summed E-state index contributed by atoms with van der Waals surface area (Å²) in [7, 11) is 0. The average molecular weight is 388 g/mol. The molecule has 0 bridgehead atoms. The minimum Gasteiger partial charge on any atom is -0.372 e. The van der Waals surface area contributed by atoms with Crippen molar-refractivity contribution in [2.45, 2.75) is 39.2 Å². The van der Waals surface area contributed by atoms with Crippen molar-refractivity contribution in [3.63, 3.8) is 0 Å². The highest BCUT2D eigenvalue weighted by atomic mass is 15.2. The maximum absolute atomic E-state index is 4.66. The van der Waals surface area contributed by atoms with Gasteiger partial charge in [-0.1, -0.05) is 30.3 Å². The van der Waals surface area contributed by atoms with E-state index >= 15 is 0 Å².